The second-order valence-electron chi connectivity index (χ2n) is 3.05. The highest BCUT2D eigenvalue weighted by molar-refractivity contribution is 9.10. The maximum Gasteiger partial charge on any atom is 0.337 e. The lowest BCUT2D eigenvalue weighted by Gasteiger charge is -2.15. The number of aliphatic hydroxyl groups is 1. The molecule has 1 unspecified atom stereocenters. The minimum atomic E-state index is -1.59. The summed E-state index contributed by atoms with van der Waals surface area (Å²) >= 11 is 3.19. The fourth-order valence-corrected chi connectivity index (χ4v) is 1.86. The number of halogens is 1. The summed E-state index contributed by atoms with van der Waals surface area (Å²) < 4.78 is 5.59. The number of hydrogen-bond donors (Lipinski definition) is 2. The topological polar surface area (TPSA) is 66.8 Å². The molecule has 0 saturated heterocycles. The van der Waals surface area contributed by atoms with Crippen LogP contribution in [0.15, 0.2) is 16.6 Å². The van der Waals surface area contributed by atoms with Crippen LogP contribution in [0.5, 0.6) is 5.75 Å². The molecule has 1 atom stereocenters. The van der Waals surface area contributed by atoms with E-state index in [4.69, 9.17) is 9.84 Å². The maximum absolute atomic E-state index is 10.7. The van der Waals surface area contributed by atoms with E-state index < -0.39 is 12.1 Å². The summed E-state index contributed by atoms with van der Waals surface area (Å²) in [6, 6.07) is 3.46. The van der Waals surface area contributed by atoms with Crippen molar-refractivity contribution >= 4 is 21.9 Å². The third kappa shape index (κ3) is 2.30. The highest BCUT2D eigenvalue weighted by Crippen LogP contribution is 2.35. The number of carboxylic acids is 1. The molecular weight excluding hydrogens is 264 g/mol. The molecule has 0 radical (unpaired) electrons. The molecule has 82 valence electrons. The van der Waals surface area contributed by atoms with E-state index in [1.165, 1.54) is 7.11 Å². The van der Waals surface area contributed by atoms with Gasteiger partial charge in [-0.15, -0.1) is 0 Å². The second-order valence-corrected chi connectivity index (χ2v) is 3.91. The van der Waals surface area contributed by atoms with Gasteiger partial charge in [-0.3, -0.25) is 0 Å². The number of carbonyl (C=O) groups is 1. The summed E-state index contributed by atoms with van der Waals surface area (Å²) in [7, 11) is 1.44. The van der Waals surface area contributed by atoms with Crippen molar-refractivity contribution in [2.45, 2.75) is 13.0 Å². The van der Waals surface area contributed by atoms with Gasteiger partial charge in [0.1, 0.15) is 5.75 Å². The first-order valence-electron chi connectivity index (χ1n) is 4.23. The number of rotatable bonds is 3. The van der Waals surface area contributed by atoms with Crippen molar-refractivity contribution in [3.05, 3.63) is 27.7 Å². The van der Waals surface area contributed by atoms with Gasteiger partial charge in [-0.05, 0) is 18.6 Å². The van der Waals surface area contributed by atoms with Crippen LogP contribution in [0.4, 0.5) is 0 Å². The molecule has 2 N–H and O–H groups in total. The number of aliphatic carboxylic acids is 1. The van der Waals surface area contributed by atoms with E-state index in [0.717, 1.165) is 5.56 Å². The Morgan fingerprint density at radius 2 is 2.13 bits per heavy atom. The molecule has 0 saturated carbocycles. The predicted molar refractivity (Wildman–Crippen MR) is 58.0 cm³/mol. The number of aliphatic hydroxyl groups excluding tert-OH is 1. The van der Waals surface area contributed by atoms with Gasteiger partial charge in [0, 0.05) is 10.0 Å². The van der Waals surface area contributed by atoms with Crippen molar-refractivity contribution in [2.75, 3.05) is 7.11 Å². The lowest BCUT2D eigenvalue weighted by molar-refractivity contribution is -0.147. The molecule has 4 nitrogen and oxygen atoms in total. The van der Waals surface area contributed by atoms with Crippen LogP contribution in [0, 0.1) is 6.92 Å². The van der Waals surface area contributed by atoms with Crippen LogP contribution in [-0.2, 0) is 4.79 Å². The zero-order chi connectivity index (χ0) is 11.6. The summed E-state index contributed by atoms with van der Waals surface area (Å²) in [6.45, 7) is 1.78. The Kier molecular flexibility index (Phi) is 3.71. The Hall–Kier alpha value is -1.07. The zero-order valence-corrected chi connectivity index (χ0v) is 9.91. The fraction of sp³-hybridized carbons (Fsp3) is 0.300. The third-order valence-corrected chi connectivity index (χ3v) is 2.74. The summed E-state index contributed by atoms with van der Waals surface area (Å²) in [5.74, 6) is -0.918. The van der Waals surface area contributed by atoms with E-state index in [1.807, 2.05) is 0 Å². The molecule has 0 aliphatic heterocycles. The first-order valence-corrected chi connectivity index (χ1v) is 5.02. The Bertz CT molecular complexity index is 389. The van der Waals surface area contributed by atoms with Gasteiger partial charge in [0.25, 0.3) is 0 Å². The number of carboxylic acid groups (broad SMARTS) is 1. The second kappa shape index (κ2) is 4.63. The van der Waals surface area contributed by atoms with E-state index in [9.17, 15) is 9.90 Å². The minimum Gasteiger partial charge on any atom is -0.496 e. The van der Waals surface area contributed by atoms with E-state index >= 15 is 0 Å². The van der Waals surface area contributed by atoms with E-state index in [-0.39, 0.29) is 5.56 Å². The highest BCUT2D eigenvalue weighted by Gasteiger charge is 2.24. The SMILES string of the molecule is COc1c(C)ccc(Br)c1C(O)C(=O)O. The Balaban J connectivity index is 3.37. The van der Waals surface area contributed by atoms with Crippen molar-refractivity contribution < 1.29 is 19.7 Å². The molecule has 5 heteroatoms. The molecule has 1 aromatic carbocycles. The van der Waals surface area contributed by atoms with E-state index in [2.05, 4.69) is 15.9 Å². The molecule has 0 aliphatic rings. The van der Waals surface area contributed by atoms with Crippen LogP contribution in [0.3, 0.4) is 0 Å². The van der Waals surface area contributed by atoms with Gasteiger partial charge in [-0.1, -0.05) is 22.0 Å². The molecule has 0 heterocycles. The number of methoxy groups -OCH3 is 1. The van der Waals surface area contributed by atoms with Crippen LogP contribution in [-0.4, -0.2) is 23.3 Å². The molecule has 0 amide bonds. The molecule has 0 fully saturated rings. The van der Waals surface area contributed by atoms with Gasteiger partial charge in [0.2, 0.25) is 0 Å². The molecule has 0 aromatic heterocycles. The molecule has 0 bridgehead atoms. The van der Waals surface area contributed by atoms with Crippen LogP contribution < -0.4 is 4.74 Å². The van der Waals surface area contributed by atoms with Crippen LogP contribution in [0.2, 0.25) is 0 Å². The smallest absolute Gasteiger partial charge is 0.337 e. The largest absolute Gasteiger partial charge is 0.496 e. The van der Waals surface area contributed by atoms with Gasteiger partial charge in [-0.25, -0.2) is 4.79 Å². The van der Waals surface area contributed by atoms with Gasteiger partial charge in [0.05, 0.1) is 7.11 Å². The van der Waals surface area contributed by atoms with Crippen LogP contribution >= 0.6 is 15.9 Å². The van der Waals surface area contributed by atoms with E-state index in [0.29, 0.717) is 10.2 Å². The molecule has 0 spiro atoms. The molecule has 1 rings (SSSR count). The predicted octanol–water partition coefficient (Wildman–Crippen LogP) is 1.88. The number of aryl methyl sites for hydroxylation is 1. The summed E-state index contributed by atoms with van der Waals surface area (Å²) in [5.41, 5.74) is 1.01. The number of ether oxygens (including phenoxy) is 1. The Morgan fingerprint density at radius 3 is 2.60 bits per heavy atom. The van der Waals surface area contributed by atoms with Gasteiger partial charge in [0.15, 0.2) is 6.10 Å². The summed E-state index contributed by atoms with van der Waals surface area (Å²) in [5, 5.41) is 18.2. The van der Waals surface area contributed by atoms with Crippen LogP contribution in [0.1, 0.15) is 17.2 Å². The van der Waals surface area contributed by atoms with Crippen LogP contribution in [0.25, 0.3) is 0 Å². The first kappa shape index (κ1) is 12.0. The molecule has 0 aliphatic carbocycles. The lowest BCUT2D eigenvalue weighted by Crippen LogP contribution is -2.13. The van der Waals surface area contributed by atoms with Crippen molar-refractivity contribution in [1.29, 1.82) is 0 Å². The van der Waals surface area contributed by atoms with E-state index in [1.54, 1.807) is 19.1 Å². The van der Waals surface area contributed by atoms with Crippen molar-refractivity contribution in [3.63, 3.8) is 0 Å². The van der Waals surface area contributed by atoms with Crippen molar-refractivity contribution in [1.82, 2.24) is 0 Å². The number of hydrogen-bond acceptors (Lipinski definition) is 3. The fourth-order valence-electron chi connectivity index (χ4n) is 1.33. The quantitative estimate of drug-likeness (QED) is 0.883. The summed E-state index contributed by atoms with van der Waals surface area (Å²) in [4.78, 5) is 10.7. The summed E-state index contributed by atoms with van der Waals surface area (Å²) in [6.07, 6.45) is -1.59. The molecular formula is C10H11BrO4. The standard InChI is InChI=1S/C10H11BrO4/c1-5-3-4-6(11)7(9(5)15-2)8(12)10(13)14/h3-4,8,12H,1-2H3,(H,13,14). The maximum atomic E-state index is 10.7. The normalized spacial score (nSPS) is 12.3. The van der Waals surface area contributed by atoms with Gasteiger partial charge >= 0.3 is 5.97 Å². The molecule has 1 aromatic rings. The highest BCUT2D eigenvalue weighted by atomic mass is 79.9. The first-order chi connectivity index (χ1) is 6.99. The third-order valence-electron chi connectivity index (χ3n) is 2.05. The Labute approximate surface area is 95.6 Å². The minimum absolute atomic E-state index is 0.241. The monoisotopic (exact) mass is 274 g/mol. The van der Waals surface area contributed by atoms with Gasteiger partial charge < -0.3 is 14.9 Å². The molecule has 15 heavy (non-hydrogen) atoms. The van der Waals surface area contributed by atoms with Crippen molar-refractivity contribution in [3.8, 4) is 5.75 Å². The average molecular weight is 275 g/mol. The Morgan fingerprint density at radius 1 is 1.53 bits per heavy atom. The number of benzene rings is 1. The van der Waals surface area contributed by atoms with Crippen molar-refractivity contribution in [2.24, 2.45) is 0 Å². The van der Waals surface area contributed by atoms with Gasteiger partial charge in [-0.2, -0.15) is 0 Å². The zero-order valence-electron chi connectivity index (χ0n) is 8.32. The average Bonchev–Trinajstić information content (AvgIpc) is 2.19. The lowest BCUT2D eigenvalue weighted by atomic mass is 10.0.